The molecular formula is C24H30N4O2S. The Balaban J connectivity index is 1.30. The molecule has 2 amide bonds. The molecule has 1 aliphatic carbocycles. The van der Waals surface area contributed by atoms with Crippen molar-refractivity contribution in [2.24, 2.45) is 0 Å². The van der Waals surface area contributed by atoms with Crippen LogP contribution in [0.25, 0.3) is 0 Å². The molecule has 1 fully saturated rings. The van der Waals surface area contributed by atoms with Crippen LogP contribution in [0.3, 0.4) is 0 Å². The zero-order valence-corrected chi connectivity index (χ0v) is 18.9. The lowest BCUT2D eigenvalue weighted by Gasteiger charge is -2.31. The van der Waals surface area contributed by atoms with Gasteiger partial charge in [0, 0.05) is 30.9 Å². The molecule has 1 aliphatic heterocycles. The molecule has 0 atom stereocenters. The van der Waals surface area contributed by atoms with E-state index in [2.05, 4.69) is 22.2 Å². The third kappa shape index (κ3) is 5.46. The van der Waals surface area contributed by atoms with E-state index in [0.717, 1.165) is 22.8 Å². The highest BCUT2D eigenvalue weighted by atomic mass is 32.2. The smallest absolute Gasteiger partial charge is 0.251 e. The van der Waals surface area contributed by atoms with Gasteiger partial charge in [-0.05, 0) is 49.7 Å². The Hall–Kier alpha value is -2.38. The van der Waals surface area contributed by atoms with Crippen LogP contribution in [-0.4, -0.2) is 53.6 Å². The first kappa shape index (κ1) is 21.8. The van der Waals surface area contributed by atoms with E-state index >= 15 is 0 Å². The first-order valence-corrected chi connectivity index (χ1v) is 12.1. The number of carbonyl (C=O) groups is 2. The maximum atomic E-state index is 12.5. The second kappa shape index (κ2) is 10.3. The van der Waals surface area contributed by atoms with Crippen molar-refractivity contribution in [3.05, 3.63) is 53.7 Å². The summed E-state index contributed by atoms with van der Waals surface area (Å²) in [5.74, 6) is 0.429. The maximum Gasteiger partial charge on any atom is 0.251 e. The molecule has 4 rings (SSSR count). The zero-order valence-electron chi connectivity index (χ0n) is 18.0. The third-order valence-electron chi connectivity index (χ3n) is 6.18. The van der Waals surface area contributed by atoms with Crippen LogP contribution in [-0.2, 0) is 11.3 Å². The largest absolute Gasteiger partial charge is 0.351 e. The molecule has 0 radical (unpaired) electrons. The molecule has 2 heterocycles. The highest BCUT2D eigenvalue weighted by Crippen LogP contribution is 2.34. The molecule has 0 saturated heterocycles. The number of fused-ring (bicyclic) bond motifs is 1. The van der Waals surface area contributed by atoms with Crippen molar-refractivity contribution >= 4 is 29.3 Å². The molecule has 1 aromatic carbocycles. The number of anilines is 1. The number of nitrogens with zero attached hydrogens (tertiary/aromatic N) is 3. The van der Waals surface area contributed by atoms with Crippen LogP contribution in [0.1, 0.15) is 48.0 Å². The number of hydrogen-bond donors (Lipinski definition) is 1. The SMILES string of the molecule is CN(CCNC(=O)c1ccc(CN2C(=O)CSc3ncccc32)cc1)C1CCCCC1. The monoisotopic (exact) mass is 438 g/mol. The molecule has 164 valence electrons. The lowest BCUT2D eigenvalue weighted by atomic mass is 9.94. The number of aromatic nitrogens is 1. The molecule has 6 nitrogen and oxygen atoms in total. The Labute approximate surface area is 188 Å². The minimum absolute atomic E-state index is 0.0522. The summed E-state index contributed by atoms with van der Waals surface area (Å²) in [5.41, 5.74) is 2.49. The van der Waals surface area contributed by atoms with Crippen LogP contribution in [0.15, 0.2) is 47.6 Å². The summed E-state index contributed by atoms with van der Waals surface area (Å²) in [5, 5.41) is 3.92. The molecule has 0 spiro atoms. The summed E-state index contributed by atoms with van der Waals surface area (Å²) >= 11 is 1.48. The van der Waals surface area contributed by atoms with Gasteiger partial charge in [0.15, 0.2) is 0 Å². The molecule has 1 saturated carbocycles. The predicted molar refractivity (Wildman–Crippen MR) is 124 cm³/mol. The zero-order chi connectivity index (χ0) is 21.6. The Morgan fingerprint density at radius 2 is 1.97 bits per heavy atom. The second-order valence-electron chi connectivity index (χ2n) is 8.32. The minimum Gasteiger partial charge on any atom is -0.351 e. The number of likely N-dealkylation sites (N-methyl/N-ethyl adjacent to an activating group) is 1. The summed E-state index contributed by atoms with van der Waals surface area (Å²) < 4.78 is 0. The van der Waals surface area contributed by atoms with Gasteiger partial charge in [0.2, 0.25) is 5.91 Å². The van der Waals surface area contributed by atoms with Gasteiger partial charge < -0.3 is 15.1 Å². The first-order chi connectivity index (χ1) is 15.1. The Kier molecular flexibility index (Phi) is 7.25. The average molecular weight is 439 g/mol. The number of nitrogens with one attached hydrogen (secondary N) is 1. The second-order valence-corrected chi connectivity index (χ2v) is 9.29. The summed E-state index contributed by atoms with van der Waals surface area (Å²) in [4.78, 5) is 33.5. The molecule has 2 aromatic rings. The van der Waals surface area contributed by atoms with Gasteiger partial charge in [-0.25, -0.2) is 4.98 Å². The highest BCUT2D eigenvalue weighted by Gasteiger charge is 2.25. The summed E-state index contributed by atoms with van der Waals surface area (Å²) in [7, 11) is 2.16. The van der Waals surface area contributed by atoms with E-state index in [9.17, 15) is 9.59 Å². The fraction of sp³-hybridized carbons (Fsp3) is 0.458. The Morgan fingerprint density at radius 3 is 2.74 bits per heavy atom. The molecular weight excluding hydrogens is 408 g/mol. The van der Waals surface area contributed by atoms with Gasteiger partial charge in [0.1, 0.15) is 5.03 Å². The molecule has 7 heteroatoms. The van der Waals surface area contributed by atoms with Crippen molar-refractivity contribution < 1.29 is 9.59 Å². The average Bonchev–Trinajstić information content (AvgIpc) is 2.82. The number of pyridine rings is 1. The number of thioether (sulfide) groups is 1. The minimum atomic E-state index is -0.0522. The molecule has 1 N–H and O–H groups in total. The van der Waals surface area contributed by atoms with E-state index in [0.29, 0.717) is 30.4 Å². The van der Waals surface area contributed by atoms with Crippen molar-refractivity contribution in [3.63, 3.8) is 0 Å². The fourth-order valence-electron chi connectivity index (χ4n) is 4.31. The first-order valence-electron chi connectivity index (χ1n) is 11.1. The van der Waals surface area contributed by atoms with E-state index in [1.54, 1.807) is 11.1 Å². The van der Waals surface area contributed by atoms with Crippen molar-refractivity contribution in [1.82, 2.24) is 15.2 Å². The number of benzene rings is 1. The quantitative estimate of drug-likeness (QED) is 0.714. The van der Waals surface area contributed by atoms with Crippen molar-refractivity contribution in [2.45, 2.75) is 49.7 Å². The summed E-state index contributed by atoms with van der Waals surface area (Å²) in [6.07, 6.45) is 8.27. The number of hydrogen-bond acceptors (Lipinski definition) is 5. The van der Waals surface area contributed by atoms with Gasteiger partial charge in [-0.3, -0.25) is 9.59 Å². The molecule has 1 aromatic heterocycles. The third-order valence-corrected chi connectivity index (χ3v) is 7.16. The van der Waals surface area contributed by atoms with Crippen LogP contribution < -0.4 is 10.2 Å². The molecule has 0 unspecified atom stereocenters. The van der Waals surface area contributed by atoms with E-state index in [1.807, 2.05) is 36.4 Å². The predicted octanol–water partition coefficient (Wildman–Crippen LogP) is 3.71. The topological polar surface area (TPSA) is 65.5 Å². The van der Waals surface area contributed by atoms with E-state index in [-0.39, 0.29) is 11.8 Å². The van der Waals surface area contributed by atoms with Gasteiger partial charge >= 0.3 is 0 Å². The number of carbonyl (C=O) groups excluding carboxylic acids is 2. The van der Waals surface area contributed by atoms with Crippen LogP contribution >= 0.6 is 11.8 Å². The van der Waals surface area contributed by atoms with Gasteiger partial charge in [-0.2, -0.15) is 0 Å². The van der Waals surface area contributed by atoms with Crippen molar-refractivity contribution in [1.29, 1.82) is 0 Å². The van der Waals surface area contributed by atoms with Crippen molar-refractivity contribution in [3.8, 4) is 0 Å². The normalized spacial score (nSPS) is 17.0. The summed E-state index contributed by atoms with van der Waals surface area (Å²) in [6, 6.07) is 12.0. The standard InChI is InChI=1S/C24H30N4O2S/c1-27(20-6-3-2-4-7-20)15-14-25-23(30)19-11-9-18(10-12-19)16-28-21-8-5-13-26-24(21)31-17-22(28)29/h5,8-13,20H,2-4,6-7,14-17H2,1H3,(H,25,30). The maximum absolute atomic E-state index is 12.5. The Morgan fingerprint density at radius 1 is 1.19 bits per heavy atom. The lowest BCUT2D eigenvalue weighted by Crippen LogP contribution is -2.39. The fourth-order valence-corrected chi connectivity index (χ4v) is 5.19. The molecule has 0 bridgehead atoms. The highest BCUT2D eigenvalue weighted by molar-refractivity contribution is 8.00. The van der Waals surface area contributed by atoms with Crippen LogP contribution in [0.2, 0.25) is 0 Å². The lowest BCUT2D eigenvalue weighted by molar-refractivity contribution is -0.116. The van der Waals surface area contributed by atoms with Gasteiger partial charge in [-0.1, -0.05) is 43.2 Å². The molecule has 31 heavy (non-hydrogen) atoms. The van der Waals surface area contributed by atoms with Crippen LogP contribution in [0.4, 0.5) is 5.69 Å². The van der Waals surface area contributed by atoms with Crippen LogP contribution in [0.5, 0.6) is 0 Å². The van der Waals surface area contributed by atoms with Gasteiger partial charge in [0.25, 0.3) is 5.91 Å². The summed E-state index contributed by atoms with van der Waals surface area (Å²) in [6.45, 7) is 2.00. The van der Waals surface area contributed by atoms with Crippen LogP contribution in [0, 0.1) is 0 Å². The number of rotatable bonds is 7. The number of amides is 2. The van der Waals surface area contributed by atoms with Crippen molar-refractivity contribution in [2.75, 3.05) is 30.8 Å². The Bertz CT molecular complexity index is 912. The van der Waals surface area contributed by atoms with E-state index in [1.165, 1.54) is 43.9 Å². The van der Waals surface area contributed by atoms with E-state index in [4.69, 9.17) is 0 Å². The van der Waals surface area contributed by atoms with E-state index < -0.39 is 0 Å². The van der Waals surface area contributed by atoms with Gasteiger partial charge in [-0.15, -0.1) is 0 Å². The molecule has 2 aliphatic rings. The van der Waals surface area contributed by atoms with Gasteiger partial charge in [0.05, 0.1) is 18.0 Å².